The molecule has 3 N–H and O–H groups in total. The molecule has 1 aromatic heterocycles. The van der Waals surface area contributed by atoms with Crippen molar-refractivity contribution in [2.45, 2.75) is 13.0 Å². The highest BCUT2D eigenvalue weighted by Crippen LogP contribution is 2.16. The van der Waals surface area contributed by atoms with Crippen molar-refractivity contribution in [1.82, 2.24) is 10.6 Å². The first-order valence-corrected chi connectivity index (χ1v) is 5.63. The lowest BCUT2D eigenvalue weighted by atomic mass is 10.3. The Labute approximate surface area is 102 Å². The van der Waals surface area contributed by atoms with E-state index in [-0.39, 0.29) is 15.7 Å². The second kappa shape index (κ2) is 5.44. The molecule has 0 bridgehead atoms. The molecule has 92 valence electrons. The number of carboxylic acids is 1. The fourth-order valence-electron chi connectivity index (χ4n) is 1.12. The Bertz CT molecular complexity index is 455. The number of amides is 2. The van der Waals surface area contributed by atoms with Gasteiger partial charge in [-0.2, -0.15) is 0 Å². The molecule has 0 radical (unpaired) electrons. The highest BCUT2D eigenvalue weighted by molar-refractivity contribution is 7.15. The summed E-state index contributed by atoms with van der Waals surface area (Å²) in [5.41, 5.74) is 0. The first-order chi connectivity index (χ1) is 7.95. The van der Waals surface area contributed by atoms with E-state index in [9.17, 15) is 14.4 Å². The lowest BCUT2D eigenvalue weighted by Gasteiger charge is -2.10. The molecule has 0 fully saturated rings. The van der Waals surface area contributed by atoms with Crippen molar-refractivity contribution in [2.24, 2.45) is 0 Å². The smallest absolute Gasteiger partial charge is 0.345 e. The number of carbonyl (C=O) groups is 3. The number of carbonyl (C=O) groups excluding carboxylic acids is 2. The maximum atomic E-state index is 11.6. The molecule has 0 saturated heterocycles. The molecule has 1 unspecified atom stereocenters. The first kappa shape index (κ1) is 13.2. The molecule has 0 aliphatic heterocycles. The van der Waals surface area contributed by atoms with Crippen LogP contribution >= 0.6 is 11.3 Å². The number of thiophene rings is 1. The molecular weight excluding hydrogens is 244 g/mol. The van der Waals surface area contributed by atoms with Crippen LogP contribution in [0.25, 0.3) is 0 Å². The van der Waals surface area contributed by atoms with Crippen LogP contribution in [0.15, 0.2) is 12.1 Å². The summed E-state index contributed by atoms with van der Waals surface area (Å²) in [5, 5.41) is 13.6. The minimum Gasteiger partial charge on any atom is -0.477 e. The van der Waals surface area contributed by atoms with Crippen LogP contribution in [-0.4, -0.2) is 36.0 Å². The Balaban J connectivity index is 2.70. The van der Waals surface area contributed by atoms with E-state index in [4.69, 9.17) is 5.11 Å². The lowest BCUT2D eigenvalue weighted by Crippen LogP contribution is -2.43. The van der Waals surface area contributed by atoms with E-state index in [0.29, 0.717) is 0 Å². The maximum Gasteiger partial charge on any atom is 0.345 e. The molecule has 0 saturated carbocycles. The van der Waals surface area contributed by atoms with Crippen molar-refractivity contribution in [3.8, 4) is 0 Å². The van der Waals surface area contributed by atoms with Crippen molar-refractivity contribution < 1.29 is 19.5 Å². The van der Waals surface area contributed by atoms with Gasteiger partial charge in [0, 0.05) is 7.05 Å². The third-order valence-corrected chi connectivity index (χ3v) is 3.10. The molecule has 0 spiro atoms. The number of likely N-dealkylation sites (N-methyl/N-ethyl adjacent to an activating group) is 1. The summed E-state index contributed by atoms with van der Waals surface area (Å²) >= 11 is 0.867. The number of hydrogen-bond acceptors (Lipinski definition) is 4. The maximum absolute atomic E-state index is 11.6. The third kappa shape index (κ3) is 3.28. The highest BCUT2D eigenvalue weighted by atomic mass is 32.1. The minimum atomic E-state index is -1.08. The van der Waals surface area contributed by atoms with Crippen LogP contribution in [-0.2, 0) is 4.79 Å². The van der Waals surface area contributed by atoms with Gasteiger partial charge in [0.15, 0.2) is 0 Å². The Hall–Kier alpha value is -1.89. The van der Waals surface area contributed by atoms with Gasteiger partial charge >= 0.3 is 5.97 Å². The standard InChI is InChI=1S/C10H12N2O4S/c1-5(8(13)11-2)12-9(14)6-3-4-7(17-6)10(15)16/h3-5H,1-2H3,(H,11,13)(H,12,14)(H,15,16). The molecule has 7 heteroatoms. The van der Waals surface area contributed by atoms with Crippen LogP contribution in [0.4, 0.5) is 0 Å². The Morgan fingerprint density at radius 2 is 1.88 bits per heavy atom. The van der Waals surface area contributed by atoms with Gasteiger partial charge in [-0.15, -0.1) is 11.3 Å². The molecule has 0 aliphatic rings. The van der Waals surface area contributed by atoms with Crippen LogP contribution in [0.1, 0.15) is 26.3 Å². The van der Waals surface area contributed by atoms with E-state index in [1.165, 1.54) is 19.2 Å². The zero-order valence-electron chi connectivity index (χ0n) is 9.31. The molecule has 1 heterocycles. The number of rotatable bonds is 4. The van der Waals surface area contributed by atoms with Gasteiger partial charge in [-0.05, 0) is 19.1 Å². The Morgan fingerprint density at radius 3 is 2.35 bits per heavy atom. The van der Waals surface area contributed by atoms with Gasteiger partial charge in [0.1, 0.15) is 10.9 Å². The van der Waals surface area contributed by atoms with Gasteiger partial charge in [0.25, 0.3) is 5.91 Å². The summed E-state index contributed by atoms with van der Waals surface area (Å²) in [6, 6.07) is 2.11. The van der Waals surface area contributed by atoms with Gasteiger partial charge < -0.3 is 15.7 Å². The summed E-state index contributed by atoms with van der Waals surface area (Å²) < 4.78 is 0. The number of hydrogen-bond donors (Lipinski definition) is 3. The normalized spacial score (nSPS) is 11.6. The average molecular weight is 256 g/mol. The Morgan fingerprint density at radius 1 is 1.29 bits per heavy atom. The molecule has 1 aromatic rings. The SMILES string of the molecule is CNC(=O)C(C)NC(=O)c1ccc(C(=O)O)s1. The second-order valence-electron chi connectivity index (χ2n) is 3.28. The largest absolute Gasteiger partial charge is 0.477 e. The summed E-state index contributed by atoms with van der Waals surface area (Å²) in [4.78, 5) is 33.8. The molecular formula is C10H12N2O4S. The summed E-state index contributed by atoms with van der Waals surface area (Å²) in [7, 11) is 1.47. The van der Waals surface area contributed by atoms with Crippen molar-refractivity contribution in [2.75, 3.05) is 7.05 Å². The van der Waals surface area contributed by atoms with E-state index in [1.807, 2.05) is 0 Å². The quantitative estimate of drug-likeness (QED) is 0.722. The van der Waals surface area contributed by atoms with Crippen LogP contribution in [0.2, 0.25) is 0 Å². The van der Waals surface area contributed by atoms with Gasteiger partial charge in [0.2, 0.25) is 5.91 Å². The molecule has 1 atom stereocenters. The van der Waals surface area contributed by atoms with Crippen molar-refractivity contribution in [3.63, 3.8) is 0 Å². The van der Waals surface area contributed by atoms with Gasteiger partial charge in [-0.3, -0.25) is 9.59 Å². The predicted octanol–water partition coefficient (Wildman–Crippen LogP) is 0.311. The highest BCUT2D eigenvalue weighted by Gasteiger charge is 2.17. The van der Waals surface area contributed by atoms with Gasteiger partial charge in [-0.1, -0.05) is 0 Å². The van der Waals surface area contributed by atoms with E-state index in [2.05, 4.69) is 10.6 Å². The van der Waals surface area contributed by atoms with E-state index in [0.717, 1.165) is 11.3 Å². The van der Waals surface area contributed by atoms with Crippen LogP contribution in [0, 0.1) is 0 Å². The summed E-state index contributed by atoms with van der Waals surface area (Å²) in [6.07, 6.45) is 0. The predicted molar refractivity (Wildman–Crippen MR) is 62.3 cm³/mol. The molecule has 0 aliphatic carbocycles. The monoisotopic (exact) mass is 256 g/mol. The first-order valence-electron chi connectivity index (χ1n) is 4.81. The molecule has 1 rings (SSSR count). The number of aromatic carboxylic acids is 1. The van der Waals surface area contributed by atoms with Crippen LogP contribution < -0.4 is 10.6 Å². The number of carboxylic acid groups (broad SMARTS) is 1. The van der Waals surface area contributed by atoms with E-state index in [1.54, 1.807) is 6.92 Å². The summed E-state index contributed by atoms with van der Waals surface area (Å²) in [6.45, 7) is 1.54. The van der Waals surface area contributed by atoms with Crippen LogP contribution in [0.3, 0.4) is 0 Å². The van der Waals surface area contributed by atoms with Crippen molar-refractivity contribution in [1.29, 1.82) is 0 Å². The van der Waals surface area contributed by atoms with Crippen molar-refractivity contribution in [3.05, 3.63) is 21.9 Å². The summed E-state index contributed by atoms with van der Waals surface area (Å²) in [5.74, 6) is -1.85. The van der Waals surface area contributed by atoms with E-state index >= 15 is 0 Å². The molecule has 0 aromatic carbocycles. The second-order valence-corrected chi connectivity index (χ2v) is 4.36. The third-order valence-electron chi connectivity index (χ3n) is 2.03. The zero-order valence-corrected chi connectivity index (χ0v) is 10.1. The van der Waals surface area contributed by atoms with Crippen LogP contribution in [0.5, 0.6) is 0 Å². The van der Waals surface area contributed by atoms with Crippen molar-refractivity contribution >= 4 is 29.1 Å². The minimum absolute atomic E-state index is 0.0859. The zero-order chi connectivity index (χ0) is 13.0. The van der Waals surface area contributed by atoms with Gasteiger partial charge in [0.05, 0.1) is 4.88 Å². The van der Waals surface area contributed by atoms with Gasteiger partial charge in [-0.25, -0.2) is 4.79 Å². The molecule has 2 amide bonds. The Kier molecular flexibility index (Phi) is 4.22. The van der Waals surface area contributed by atoms with E-state index < -0.39 is 17.9 Å². The molecule has 17 heavy (non-hydrogen) atoms. The number of nitrogens with one attached hydrogen (secondary N) is 2. The lowest BCUT2D eigenvalue weighted by molar-refractivity contribution is -0.122. The average Bonchev–Trinajstić information content (AvgIpc) is 2.77. The topological polar surface area (TPSA) is 95.5 Å². The fraction of sp³-hybridized carbons (Fsp3) is 0.300. The fourth-order valence-corrected chi connectivity index (χ4v) is 1.87. The molecule has 6 nitrogen and oxygen atoms in total.